The van der Waals surface area contributed by atoms with E-state index in [4.69, 9.17) is 16.3 Å². The maximum Gasteiger partial charge on any atom is 0.411 e. The van der Waals surface area contributed by atoms with E-state index >= 15 is 0 Å². The molecule has 0 fully saturated rings. The van der Waals surface area contributed by atoms with Crippen LogP contribution < -0.4 is 10.0 Å². The Kier molecular flexibility index (Phi) is 5.63. The van der Waals surface area contributed by atoms with Crippen molar-refractivity contribution in [2.45, 2.75) is 11.8 Å². The molecule has 0 saturated heterocycles. The molecule has 0 heterocycles. The molecular formula is C15H14ClFN2O4S. The molecule has 2 aromatic rings. The van der Waals surface area contributed by atoms with Gasteiger partial charge in [-0.2, -0.15) is 0 Å². The smallest absolute Gasteiger partial charge is 0.411 e. The summed E-state index contributed by atoms with van der Waals surface area (Å²) in [7, 11) is -3.87. The van der Waals surface area contributed by atoms with Gasteiger partial charge < -0.3 is 4.74 Å². The van der Waals surface area contributed by atoms with E-state index in [-0.39, 0.29) is 22.2 Å². The molecule has 2 N–H and O–H groups in total. The standard InChI is InChI=1S/C15H14ClFN2O4S/c1-2-23-15(20)18-10-3-6-12(7-4-10)24(21,22)19-11-5-8-14(17)13(16)9-11/h3-9,19H,2H2,1H3,(H,18,20). The molecule has 0 bridgehead atoms. The van der Waals surface area contributed by atoms with Crippen LogP contribution >= 0.6 is 11.6 Å². The third kappa shape index (κ3) is 4.59. The lowest BCUT2D eigenvalue weighted by molar-refractivity contribution is 0.168. The van der Waals surface area contributed by atoms with Crippen LogP contribution in [0.4, 0.5) is 20.6 Å². The van der Waals surface area contributed by atoms with Gasteiger partial charge in [-0.1, -0.05) is 11.6 Å². The van der Waals surface area contributed by atoms with Crippen LogP contribution in [0.2, 0.25) is 5.02 Å². The quantitative estimate of drug-likeness (QED) is 0.834. The molecule has 1 amide bonds. The fraction of sp³-hybridized carbons (Fsp3) is 0.133. The predicted octanol–water partition coefficient (Wildman–Crippen LogP) is 3.85. The number of halogens is 2. The van der Waals surface area contributed by atoms with Gasteiger partial charge in [-0.25, -0.2) is 17.6 Å². The van der Waals surface area contributed by atoms with Gasteiger partial charge in [0.15, 0.2) is 0 Å². The minimum Gasteiger partial charge on any atom is -0.450 e. The van der Waals surface area contributed by atoms with Gasteiger partial charge in [-0.3, -0.25) is 10.0 Å². The van der Waals surface area contributed by atoms with E-state index in [2.05, 4.69) is 10.0 Å². The normalized spacial score (nSPS) is 11.0. The first-order valence-corrected chi connectivity index (χ1v) is 8.69. The second-order valence-corrected chi connectivity index (χ2v) is 6.69. The van der Waals surface area contributed by atoms with E-state index in [0.29, 0.717) is 5.69 Å². The number of carbonyl (C=O) groups excluding carboxylic acids is 1. The van der Waals surface area contributed by atoms with Gasteiger partial charge in [-0.15, -0.1) is 0 Å². The Balaban J connectivity index is 2.14. The van der Waals surface area contributed by atoms with Crippen LogP contribution in [0.5, 0.6) is 0 Å². The average Bonchev–Trinajstić information content (AvgIpc) is 2.51. The van der Waals surface area contributed by atoms with Crippen LogP contribution in [0.1, 0.15) is 6.92 Å². The summed E-state index contributed by atoms with van der Waals surface area (Å²) < 4.78 is 44.7. The first-order valence-electron chi connectivity index (χ1n) is 6.83. The van der Waals surface area contributed by atoms with Crippen LogP contribution in [-0.4, -0.2) is 21.1 Å². The Morgan fingerprint density at radius 3 is 2.38 bits per heavy atom. The van der Waals surface area contributed by atoms with Gasteiger partial charge in [0, 0.05) is 5.69 Å². The number of anilines is 2. The van der Waals surface area contributed by atoms with Crippen LogP contribution in [-0.2, 0) is 14.8 Å². The van der Waals surface area contributed by atoms with E-state index in [1.165, 1.54) is 36.4 Å². The first-order chi connectivity index (χ1) is 11.3. The number of ether oxygens (including phenoxy) is 1. The molecule has 0 aliphatic heterocycles. The second-order valence-electron chi connectivity index (χ2n) is 4.60. The number of amides is 1. The van der Waals surface area contributed by atoms with Crippen molar-refractivity contribution in [2.24, 2.45) is 0 Å². The van der Waals surface area contributed by atoms with Crippen LogP contribution in [0.15, 0.2) is 47.4 Å². The Morgan fingerprint density at radius 2 is 1.79 bits per heavy atom. The van der Waals surface area contributed by atoms with Gasteiger partial charge >= 0.3 is 6.09 Å². The first kappa shape index (κ1) is 18.0. The molecule has 0 saturated carbocycles. The molecule has 0 aromatic heterocycles. The van der Waals surface area contributed by atoms with Crippen molar-refractivity contribution in [3.63, 3.8) is 0 Å². The largest absolute Gasteiger partial charge is 0.450 e. The van der Waals surface area contributed by atoms with Crippen molar-refractivity contribution >= 4 is 39.1 Å². The monoisotopic (exact) mass is 372 g/mol. The number of sulfonamides is 1. The van der Waals surface area contributed by atoms with Gasteiger partial charge in [0.05, 0.1) is 22.2 Å². The lowest BCUT2D eigenvalue weighted by Gasteiger charge is -2.10. The molecule has 0 unspecified atom stereocenters. The highest BCUT2D eigenvalue weighted by Gasteiger charge is 2.15. The lowest BCUT2D eigenvalue weighted by Crippen LogP contribution is -2.14. The van der Waals surface area contributed by atoms with E-state index in [1.54, 1.807) is 6.92 Å². The van der Waals surface area contributed by atoms with Gasteiger partial charge in [0.1, 0.15) is 5.82 Å². The van der Waals surface area contributed by atoms with Crippen LogP contribution in [0.3, 0.4) is 0 Å². The third-order valence-corrected chi connectivity index (χ3v) is 4.55. The van der Waals surface area contributed by atoms with Crippen molar-refractivity contribution < 1.29 is 22.3 Å². The predicted molar refractivity (Wildman–Crippen MR) is 89.3 cm³/mol. The van der Waals surface area contributed by atoms with Crippen molar-refractivity contribution in [3.8, 4) is 0 Å². The number of benzene rings is 2. The second kappa shape index (κ2) is 7.50. The highest BCUT2D eigenvalue weighted by Crippen LogP contribution is 2.22. The fourth-order valence-corrected chi connectivity index (χ4v) is 3.01. The summed E-state index contributed by atoms with van der Waals surface area (Å²) in [5.74, 6) is -0.644. The van der Waals surface area contributed by atoms with E-state index in [0.717, 1.165) is 6.07 Å². The molecule has 2 rings (SSSR count). The summed E-state index contributed by atoms with van der Waals surface area (Å²) >= 11 is 5.62. The molecule has 0 atom stereocenters. The lowest BCUT2D eigenvalue weighted by atomic mass is 10.3. The zero-order valence-electron chi connectivity index (χ0n) is 12.5. The molecular weight excluding hydrogens is 359 g/mol. The van der Waals surface area contributed by atoms with Gasteiger partial charge in [0.25, 0.3) is 10.0 Å². The maximum atomic E-state index is 13.1. The molecule has 128 valence electrons. The van der Waals surface area contributed by atoms with E-state index in [9.17, 15) is 17.6 Å². The number of rotatable bonds is 5. The molecule has 24 heavy (non-hydrogen) atoms. The zero-order chi connectivity index (χ0) is 17.7. The topological polar surface area (TPSA) is 84.5 Å². The highest BCUT2D eigenvalue weighted by atomic mass is 35.5. The molecule has 0 aliphatic carbocycles. The number of hydrogen-bond acceptors (Lipinski definition) is 4. The Bertz CT molecular complexity index is 841. The summed E-state index contributed by atoms with van der Waals surface area (Å²) in [6.45, 7) is 1.89. The minimum absolute atomic E-state index is 0.0302. The van der Waals surface area contributed by atoms with Gasteiger partial charge in [-0.05, 0) is 49.4 Å². The van der Waals surface area contributed by atoms with Crippen LogP contribution in [0, 0.1) is 5.82 Å². The zero-order valence-corrected chi connectivity index (χ0v) is 14.1. The maximum absolute atomic E-state index is 13.1. The van der Waals surface area contributed by atoms with E-state index in [1.807, 2.05) is 0 Å². The van der Waals surface area contributed by atoms with Gasteiger partial charge in [0.2, 0.25) is 0 Å². The summed E-state index contributed by atoms with van der Waals surface area (Å²) in [4.78, 5) is 11.3. The molecule has 0 radical (unpaired) electrons. The van der Waals surface area contributed by atoms with Crippen molar-refractivity contribution in [3.05, 3.63) is 53.3 Å². The Morgan fingerprint density at radius 1 is 1.17 bits per heavy atom. The van der Waals surface area contributed by atoms with Crippen molar-refractivity contribution in [1.82, 2.24) is 0 Å². The third-order valence-electron chi connectivity index (χ3n) is 2.86. The number of nitrogens with one attached hydrogen (secondary N) is 2. The van der Waals surface area contributed by atoms with E-state index < -0.39 is 21.9 Å². The fourth-order valence-electron chi connectivity index (χ4n) is 1.78. The Hall–Kier alpha value is -2.32. The van der Waals surface area contributed by atoms with Crippen LogP contribution in [0.25, 0.3) is 0 Å². The highest BCUT2D eigenvalue weighted by molar-refractivity contribution is 7.92. The summed E-state index contributed by atoms with van der Waals surface area (Å²) in [5.41, 5.74) is 0.521. The SMILES string of the molecule is CCOC(=O)Nc1ccc(S(=O)(=O)Nc2ccc(F)c(Cl)c2)cc1. The molecule has 0 spiro atoms. The summed E-state index contributed by atoms with van der Waals surface area (Å²) in [5, 5.41) is 2.26. The number of carbonyl (C=O) groups is 1. The minimum atomic E-state index is -3.87. The van der Waals surface area contributed by atoms with Crippen molar-refractivity contribution in [1.29, 1.82) is 0 Å². The summed E-state index contributed by atoms with van der Waals surface area (Å²) in [6, 6.07) is 8.96. The average molecular weight is 373 g/mol. The Labute approximate surface area is 143 Å². The van der Waals surface area contributed by atoms with Crippen molar-refractivity contribution in [2.75, 3.05) is 16.6 Å². The number of hydrogen-bond donors (Lipinski definition) is 2. The molecule has 0 aliphatic rings. The molecule has 2 aromatic carbocycles. The molecule has 6 nitrogen and oxygen atoms in total. The summed E-state index contributed by atoms with van der Waals surface area (Å²) in [6.07, 6.45) is -0.632. The molecule has 9 heteroatoms.